The lowest BCUT2D eigenvalue weighted by Crippen LogP contribution is -2.47. The van der Waals surface area contributed by atoms with Crippen LogP contribution in [0.25, 0.3) is 0 Å². The number of rotatable bonds is 0. The van der Waals surface area contributed by atoms with Crippen LogP contribution >= 0.6 is 0 Å². The third-order valence-electron chi connectivity index (χ3n) is 3.51. The van der Waals surface area contributed by atoms with E-state index in [0.29, 0.717) is 13.2 Å². The van der Waals surface area contributed by atoms with Gasteiger partial charge in [0.05, 0.1) is 6.61 Å². The molecule has 0 radical (unpaired) electrons. The summed E-state index contributed by atoms with van der Waals surface area (Å²) in [6.45, 7) is 3.42. The average Bonchev–Trinajstić information content (AvgIpc) is 2.52. The van der Waals surface area contributed by atoms with Crippen molar-refractivity contribution in [1.29, 1.82) is 0 Å². The number of fused-ring (bicyclic) bond motifs is 1. The SMILES string of the molecule is c1ccc2c(c1)COC1(CCNCC1)CO2. The molecule has 3 heteroatoms. The maximum atomic E-state index is 6.09. The first-order valence-electron chi connectivity index (χ1n) is 5.93. The molecule has 1 spiro atoms. The van der Waals surface area contributed by atoms with Crippen LogP contribution in [-0.2, 0) is 11.3 Å². The van der Waals surface area contributed by atoms with Gasteiger partial charge in [0, 0.05) is 5.56 Å². The molecule has 3 rings (SSSR count). The molecule has 0 atom stereocenters. The fraction of sp³-hybridized carbons (Fsp3) is 0.538. The Morgan fingerprint density at radius 3 is 2.81 bits per heavy atom. The summed E-state index contributed by atoms with van der Waals surface area (Å²) in [4.78, 5) is 0. The number of hydrogen-bond acceptors (Lipinski definition) is 3. The Morgan fingerprint density at radius 1 is 1.12 bits per heavy atom. The summed E-state index contributed by atoms with van der Waals surface area (Å²) < 4.78 is 12.0. The largest absolute Gasteiger partial charge is 0.490 e. The highest BCUT2D eigenvalue weighted by Crippen LogP contribution is 2.31. The Labute approximate surface area is 95.8 Å². The summed E-state index contributed by atoms with van der Waals surface area (Å²) in [5, 5.41) is 3.36. The second-order valence-electron chi connectivity index (χ2n) is 4.62. The zero-order valence-electron chi connectivity index (χ0n) is 9.37. The van der Waals surface area contributed by atoms with Crippen molar-refractivity contribution in [3.63, 3.8) is 0 Å². The van der Waals surface area contributed by atoms with E-state index in [1.54, 1.807) is 0 Å². The number of ether oxygens (including phenoxy) is 2. The molecule has 1 fully saturated rings. The minimum Gasteiger partial charge on any atom is -0.490 e. The maximum absolute atomic E-state index is 6.09. The van der Waals surface area contributed by atoms with E-state index in [1.165, 1.54) is 0 Å². The van der Waals surface area contributed by atoms with Crippen LogP contribution in [0.5, 0.6) is 5.75 Å². The normalized spacial score (nSPS) is 23.2. The maximum Gasteiger partial charge on any atom is 0.124 e. The lowest BCUT2D eigenvalue weighted by atomic mass is 9.93. The standard InChI is InChI=1S/C13H17NO2/c1-2-4-12-11(3-1)9-16-13(10-15-12)5-7-14-8-6-13/h1-4,14H,5-10H2. The highest BCUT2D eigenvalue weighted by molar-refractivity contribution is 5.33. The number of piperidine rings is 1. The third-order valence-corrected chi connectivity index (χ3v) is 3.51. The molecule has 2 heterocycles. The van der Waals surface area contributed by atoms with Gasteiger partial charge in [-0.2, -0.15) is 0 Å². The molecule has 86 valence electrons. The van der Waals surface area contributed by atoms with Crippen LogP contribution < -0.4 is 10.1 Å². The lowest BCUT2D eigenvalue weighted by molar-refractivity contribution is -0.0903. The molecule has 0 saturated carbocycles. The van der Waals surface area contributed by atoms with Gasteiger partial charge in [0.25, 0.3) is 0 Å². The Bertz CT molecular complexity index is 343. The first-order valence-corrected chi connectivity index (χ1v) is 5.93. The minimum absolute atomic E-state index is 0.0652. The predicted molar refractivity (Wildman–Crippen MR) is 61.6 cm³/mol. The summed E-state index contributed by atoms with van der Waals surface area (Å²) >= 11 is 0. The second kappa shape index (κ2) is 4.07. The Hall–Kier alpha value is -1.06. The van der Waals surface area contributed by atoms with Crippen LogP contribution in [0.15, 0.2) is 24.3 Å². The minimum atomic E-state index is -0.0652. The summed E-state index contributed by atoms with van der Waals surface area (Å²) in [5.74, 6) is 0.984. The molecular weight excluding hydrogens is 202 g/mol. The second-order valence-corrected chi connectivity index (χ2v) is 4.62. The van der Waals surface area contributed by atoms with E-state index >= 15 is 0 Å². The highest BCUT2D eigenvalue weighted by atomic mass is 16.6. The molecule has 0 unspecified atom stereocenters. The number of hydrogen-bond donors (Lipinski definition) is 1. The molecule has 0 aromatic heterocycles. The van der Waals surface area contributed by atoms with Gasteiger partial charge in [0.2, 0.25) is 0 Å². The molecule has 1 aromatic carbocycles. The fourth-order valence-electron chi connectivity index (χ4n) is 2.42. The van der Waals surface area contributed by atoms with E-state index in [1.807, 2.05) is 18.2 Å². The van der Waals surface area contributed by atoms with Crippen molar-refractivity contribution in [1.82, 2.24) is 5.32 Å². The van der Waals surface area contributed by atoms with Gasteiger partial charge in [-0.15, -0.1) is 0 Å². The van der Waals surface area contributed by atoms with Crippen LogP contribution in [0.1, 0.15) is 18.4 Å². The summed E-state index contributed by atoms with van der Waals surface area (Å²) in [6, 6.07) is 8.15. The molecule has 1 saturated heterocycles. The Morgan fingerprint density at radius 2 is 1.94 bits per heavy atom. The zero-order chi connectivity index (χ0) is 10.8. The molecule has 0 bridgehead atoms. The van der Waals surface area contributed by atoms with Crippen molar-refractivity contribution < 1.29 is 9.47 Å². The molecular formula is C13H17NO2. The first kappa shape index (κ1) is 10.1. The van der Waals surface area contributed by atoms with Gasteiger partial charge in [0.15, 0.2) is 0 Å². The molecule has 2 aliphatic rings. The van der Waals surface area contributed by atoms with Crippen molar-refractivity contribution in [2.24, 2.45) is 0 Å². The van der Waals surface area contributed by atoms with Crippen molar-refractivity contribution >= 4 is 0 Å². The van der Waals surface area contributed by atoms with Crippen molar-refractivity contribution in [2.45, 2.75) is 25.0 Å². The van der Waals surface area contributed by atoms with Crippen LogP contribution in [0.2, 0.25) is 0 Å². The summed E-state index contributed by atoms with van der Waals surface area (Å²) in [5.41, 5.74) is 1.10. The van der Waals surface area contributed by atoms with Gasteiger partial charge in [-0.05, 0) is 32.0 Å². The van der Waals surface area contributed by atoms with E-state index in [-0.39, 0.29) is 5.60 Å². The number of para-hydroxylation sites is 1. The van der Waals surface area contributed by atoms with Crippen LogP contribution in [0.4, 0.5) is 0 Å². The van der Waals surface area contributed by atoms with Gasteiger partial charge in [0.1, 0.15) is 18.0 Å². The van der Waals surface area contributed by atoms with Crippen LogP contribution in [-0.4, -0.2) is 25.3 Å². The van der Waals surface area contributed by atoms with Crippen LogP contribution in [0, 0.1) is 0 Å². The Balaban J connectivity index is 1.81. The van der Waals surface area contributed by atoms with Gasteiger partial charge >= 0.3 is 0 Å². The summed E-state index contributed by atoms with van der Waals surface area (Å²) in [6.07, 6.45) is 2.09. The predicted octanol–water partition coefficient (Wildman–Crippen LogP) is 1.72. The highest BCUT2D eigenvalue weighted by Gasteiger charge is 2.35. The zero-order valence-corrected chi connectivity index (χ0v) is 9.37. The average molecular weight is 219 g/mol. The van der Waals surface area contributed by atoms with Crippen molar-refractivity contribution in [3.8, 4) is 5.75 Å². The van der Waals surface area contributed by atoms with E-state index < -0.39 is 0 Å². The topological polar surface area (TPSA) is 30.5 Å². The monoisotopic (exact) mass is 219 g/mol. The van der Waals surface area contributed by atoms with Gasteiger partial charge in [-0.1, -0.05) is 18.2 Å². The molecule has 1 aromatic rings. The van der Waals surface area contributed by atoms with Gasteiger partial charge in [-0.25, -0.2) is 0 Å². The molecule has 1 N–H and O–H groups in total. The number of nitrogens with one attached hydrogen (secondary N) is 1. The van der Waals surface area contributed by atoms with E-state index in [9.17, 15) is 0 Å². The lowest BCUT2D eigenvalue weighted by Gasteiger charge is -2.35. The van der Waals surface area contributed by atoms with E-state index in [2.05, 4.69) is 11.4 Å². The fourth-order valence-corrected chi connectivity index (χ4v) is 2.42. The molecule has 16 heavy (non-hydrogen) atoms. The molecule has 2 aliphatic heterocycles. The molecule has 0 aliphatic carbocycles. The Kier molecular flexibility index (Phi) is 2.58. The van der Waals surface area contributed by atoms with Crippen molar-refractivity contribution in [3.05, 3.63) is 29.8 Å². The molecule has 3 nitrogen and oxygen atoms in total. The van der Waals surface area contributed by atoms with Crippen molar-refractivity contribution in [2.75, 3.05) is 19.7 Å². The van der Waals surface area contributed by atoms with Gasteiger partial charge < -0.3 is 14.8 Å². The number of benzene rings is 1. The van der Waals surface area contributed by atoms with Gasteiger partial charge in [-0.3, -0.25) is 0 Å². The summed E-state index contributed by atoms with van der Waals surface area (Å²) in [7, 11) is 0. The van der Waals surface area contributed by atoms with E-state index in [4.69, 9.17) is 9.47 Å². The molecule has 0 amide bonds. The van der Waals surface area contributed by atoms with E-state index in [0.717, 1.165) is 37.2 Å². The third kappa shape index (κ3) is 1.81. The smallest absolute Gasteiger partial charge is 0.124 e. The van der Waals surface area contributed by atoms with Crippen LogP contribution in [0.3, 0.4) is 0 Å². The quantitative estimate of drug-likeness (QED) is 0.720. The first-order chi connectivity index (χ1) is 7.88.